The number of nitrogens with two attached hydrogens (primary N) is 1. The quantitative estimate of drug-likeness (QED) is 0.872. The molecule has 1 saturated heterocycles. The molecule has 0 bridgehead atoms. The van der Waals surface area contributed by atoms with Crippen molar-refractivity contribution in [1.29, 1.82) is 0 Å². The Morgan fingerprint density at radius 1 is 1.50 bits per heavy atom. The zero-order valence-electron chi connectivity index (χ0n) is 12.0. The lowest BCUT2D eigenvalue weighted by Crippen LogP contribution is -2.50. The fourth-order valence-electron chi connectivity index (χ4n) is 2.50. The minimum absolute atomic E-state index is 0.0175. The van der Waals surface area contributed by atoms with E-state index in [9.17, 15) is 9.59 Å². The highest BCUT2D eigenvalue weighted by Gasteiger charge is 2.32. The summed E-state index contributed by atoms with van der Waals surface area (Å²) in [7, 11) is 1.66. The number of nitrogen functional groups attached to an aromatic ring is 1. The van der Waals surface area contributed by atoms with Gasteiger partial charge in [0, 0.05) is 38.1 Å². The lowest BCUT2D eigenvalue weighted by atomic mass is 9.95. The van der Waals surface area contributed by atoms with Gasteiger partial charge in [0.25, 0.3) is 5.56 Å². The van der Waals surface area contributed by atoms with Crippen molar-refractivity contribution >= 4 is 11.6 Å². The maximum absolute atomic E-state index is 12.3. The van der Waals surface area contributed by atoms with Crippen LogP contribution in [0.15, 0.2) is 23.1 Å². The van der Waals surface area contributed by atoms with Crippen molar-refractivity contribution in [2.45, 2.75) is 31.9 Å². The molecule has 1 aromatic heterocycles. The van der Waals surface area contributed by atoms with Crippen molar-refractivity contribution in [1.82, 2.24) is 9.47 Å². The normalized spacial score (nSPS) is 22.8. The topological polar surface area (TPSA) is 77.6 Å². The van der Waals surface area contributed by atoms with Gasteiger partial charge in [0.1, 0.15) is 6.54 Å². The molecule has 0 aliphatic carbocycles. The van der Waals surface area contributed by atoms with Crippen LogP contribution in [0.4, 0.5) is 5.69 Å². The monoisotopic (exact) mass is 279 g/mol. The van der Waals surface area contributed by atoms with Gasteiger partial charge in [0.15, 0.2) is 0 Å². The van der Waals surface area contributed by atoms with Gasteiger partial charge in [-0.15, -0.1) is 0 Å². The van der Waals surface area contributed by atoms with Crippen LogP contribution < -0.4 is 11.3 Å². The molecule has 1 unspecified atom stereocenters. The van der Waals surface area contributed by atoms with Gasteiger partial charge in [-0.25, -0.2) is 0 Å². The van der Waals surface area contributed by atoms with Gasteiger partial charge in [-0.1, -0.05) is 0 Å². The second kappa shape index (κ2) is 5.66. The van der Waals surface area contributed by atoms with Crippen LogP contribution >= 0.6 is 0 Å². The van der Waals surface area contributed by atoms with Crippen LogP contribution in [0.5, 0.6) is 0 Å². The number of rotatable bonds is 3. The molecule has 20 heavy (non-hydrogen) atoms. The Morgan fingerprint density at radius 2 is 2.25 bits per heavy atom. The molecule has 0 spiro atoms. The average Bonchev–Trinajstić information content (AvgIpc) is 2.43. The van der Waals surface area contributed by atoms with Gasteiger partial charge < -0.3 is 19.9 Å². The van der Waals surface area contributed by atoms with E-state index in [1.807, 2.05) is 6.92 Å². The van der Waals surface area contributed by atoms with E-state index >= 15 is 0 Å². The Hall–Kier alpha value is -1.82. The number of likely N-dealkylation sites (tertiary alicyclic amines) is 1. The van der Waals surface area contributed by atoms with E-state index in [1.54, 1.807) is 12.0 Å². The third-order valence-corrected chi connectivity index (χ3v) is 3.82. The molecule has 2 N–H and O–H groups in total. The first-order valence-corrected chi connectivity index (χ1v) is 6.72. The lowest BCUT2D eigenvalue weighted by molar-refractivity contribution is -0.139. The summed E-state index contributed by atoms with van der Waals surface area (Å²) in [5.41, 5.74) is 5.59. The van der Waals surface area contributed by atoms with E-state index in [-0.39, 0.29) is 23.6 Å². The van der Waals surface area contributed by atoms with Crippen molar-refractivity contribution in [3.63, 3.8) is 0 Å². The molecule has 2 heterocycles. The molecule has 1 amide bonds. The maximum atomic E-state index is 12.3. The second-order valence-corrected chi connectivity index (χ2v) is 5.50. The van der Waals surface area contributed by atoms with Crippen molar-refractivity contribution in [3.05, 3.63) is 28.7 Å². The number of hydrogen-bond acceptors (Lipinski definition) is 4. The number of piperidine rings is 1. The fourth-order valence-corrected chi connectivity index (χ4v) is 2.50. The minimum Gasteiger partial charge on any atom is -0.398 e. The molecule has 0 aromatic carbocycles. The predicted molar refractivity (Wildman–Crippen MR) is 76.3 cm³/mol. The molecule has 1 atom stereocenters. The largest absolute Gasteiger partial charge is 0.398 e. The summed E-state index contributed by atoms with van der Waals surface area (Å²) in [6.07, 6.45) is 3.34. The smallest absolute Gasteiger partial charge is 0.251 e. The summed E-state index contributed by atoms with van der Waals surface area (Å²) in [6, 6.07) is 2.91. The molecule has 1 aliphatic heterocycles. The van der Waals surface area contributed by atoms with Crippen LogP contribution in [-0.2, 0) is 16.1 Å². The maximum Gasteiger partial charge on any atom is 0.251 e. The zero-order chi connectivity index (χ0) is 14.8. The molecule has 6 heteroatoms. The summed E-state index contributed by atoms with van der Waals surface area (Å²) < 4.78 is 6.81. The Bertz CT molecular complexity index is 555. The summed E-state index contributed by atoms with van der Waals surface area (Å²) in [5.74, 6) is -0.0827. The summed E-state index contributed by atoms with van der Waals surface area (Å²) in [4.78, 5) is 25.7. The van der Waals surface area contributed by atoms with Crippen LogP contribution in [0.3, 0.4) is 0 Å². The van der Waals surface area contributed by atoms with E-state index in [0.29, 0.717) is 18.8 Å². The van der Waals surface area contributed by atoms with Crippen molar-refractivity contribution in [2.24, 2.45) is 0 Å². The predicted octanol–water partition coefficient (Wildman–Crippen LogP) is 0.458. The standard InChI is InChI=1S/C14H21N3O3/c1-14(20-2)6-3-7-16(10-14)13(19)9-17-8-11(15)4-5-12(17)18/h4-5,8H,3,6-7,9-10,15H2,1-2H3. The molecule has 0 saturated carbocycles. The highest BCUT2D eigenvalue weighted by Crippen LogP contribution is 2.23. The van der Waals surface area contributed by atoms with E-state index in [2.05, 4.69) is 0 Å². The Labute approximate surface area is 118 Å². The SMILES string of the molecule is COC1(C)CCCN(C(=O)Cn2cc(N)ccc2=O)C1. The molecule has 2 rings (SSSR count). The number of pyridine rings is 1. The van der Waals surface area contributed by atoms with Gasteiger partial charge >= 0.3 is 0 Å². The van der Waals surface area contributed by atoms with Crippen molar-refractivity contribution < 1.29 is 9.53 Å². The molecule has 1 fully saturated rings. The number of carbonyl (C=O) groups excluding carboxylic acids is 1. The van der Waals surface area contributed by atoms with Gasteiger partial charge in [-0.3, -0.25) is 9.59 Å². The molecule has 0 radical (unpaired) electrons. The zero-order valence-corrected chi connectivity index (χ0v) is 12.0. The van der Waals surface area contributed by atoms with Crippen LogP contribution in [0, 0.1) is 0 Å². The van der Waals surface area contributed by atoms with Gasteiger partial charge in [0.2, 0.25) is 5.91 Å². The van der Waals surface area contributed by atoms with Crippen molar-refractivity contribution in [2.75, 3.05) is 25.9 Å². The molecular formula is C14H21N3O3. The summed E-state index contributed by atoms with van der Waals surface area (Å²) in [5, 5.41) is 0. The Balaban J connectivity index is 2.08. The van der Waals surface area contributed by atoms with Crippen LogP contribution in [-0.4, -0.2) is 41.2 Å². The summed E-state index contributed by atoms with van der Waals surface area (Å²) in [6.45, 7) is 3.27. The van der Waals surface area contributed by atoms with Gasteiger partial charge in [-0.2, -0.15) is 0 Å². The first-order chi connectivity index (χ1) is 9.43. The molecule has 1 aliphatic rings. The minimum atomic E-state index is -0.297. The van der Waals surface area contributed by atoms with E-state index in [1.165, 1.54) is 22.9 Å². The van der Waals surface area contributed by atoms with E-state index in [4.69, 9.17) is 10.5 Å². The molecule has 110 valence electrons. The summed E-state index contributed by atoms with van der Waals surface area (Å²) >= 11 is 0. The highest BCUT2D eigenvalue weighted by atomic mass is 16.5. The molecular weight excluding hydrogens is 258 g/mol. The molecule has 1 aromatic rings. The first-order valence-electron chi connectivity index (χ1n) is 6.72. The number of carbonyl (C=O) groups is 1. The van der Waals surface area contributed by atoms with Crippen LogP contribution in [0.1, 0.15) is 19.8 Å². The number of ether oxygens (including phenoxy) is 1. The van der Waals surface area contributed by atoms with E-state index in [0.717, 1.165) is 12.8 Å². The third kappa shape index (κ3) is 3.19. The number of aromatic nitrogens is 1. The van der Waals surface area contributed by atoms with Crippen LogP contribution in [0.25, 0.3) is 0 Å². The lowest BCUT2D eigenvalue weighted by Gasteiger charge is -2.39. The number of nitrogens with zero attached hydrogens (tertiary/aromatic N) is 2. The first kappa shape index (κ1) is 14.6. The number of anilines is 1. The number of hydrogen-bond donors (Lipinski definition) is 1. The average molecular weight is 279 g/mol. The van der Waals surface area contributed by atoms with Gasteiger partial charge in [0.05, 0.1) is 5.60 Å². The fraction of sp³-hybridized carbons (Fsp3) is 0.571. The highest BCUT2D eigenvalue weighted by molar-refractivity contribution is 5.76. The van der Waals surface area contributed by atoms with Crippen LogP contribution in [0.2, 0.25) is 0 Å². The van der Waals surface area contributed by atoms with Gasteiger partial charge in [-0.05, 0) is 25.8 Å². The van der Waals surface area contributed by atoms with Crippen molar-refractivity contribution in [3.8, 4) is 0 Å². The Morgan fingerprint density at radius 3 is 2.95 bits per heavy atom. The number of amides is 1. The number of methoxy groups -OCH3 is 1. The Kier molecular flexibility index (Phi) is 4.13. The second-order valence-electron chi connectivity index (χ2n) is 5.50. The third-order valence-electron chi connectivity index (χ3n) is 3.82. The van der Waals surface area contributed by atoms with E-state index < -0.39 is 0 Å². The molecule has 6 nitrogen and oxygen atoms in total.